The van der Waals surface area contributed by atoms with Gasteiger partial charge in [-0.15, -0.1) is 0 Å². The maximum atomic E-state index is 5.24. The summed E-state index contributed by atoms with van der Waals surface area (Å²) in [6, 6.07) is 9.21. The first-order valence-electron chi connectivity index (χ1n) is 7.40. The minimum atomic E-state index is 0.255. The summed E-state index contributed by atoms with van der Waals surface area (Å²) in [7, 11) is 0. The Balaban J connectivity index is 1.65. The Hall–Kier alpha value is -1.61. The SMILES string of the molecule is Cc1noc(C)c1C(C)NCc1cccc(C2CC2)c1. The van der Waals surface area contributed by atoms with Gasteiger partial charge in [0.1, 0.15) is 5.76 Å². The van der Waals surface area contributed by atoms with Crippen molar-refractivity contribution in [2.45, 2.75) is 52.1 Å². The first-order chi connectivity index (χ1) is 9.65. The molecule has 1 aromatic heterocycles. The second-order valence-electron chi connectivity index (χ2n) is 5.86. The van der Waals surface area contributed by atoms with Crippen LogP contribution in [0.2, 0.25) is 0 Å². The number of aryl methyl sites for hydroxylation is 2. The fraction of sp³-hybridized carbons (Fsp3) is 0.471. The van der Waals surface area contributed by atoms with Crippen molar-refractivity contribution in [1.82, 2.24) is 10.5 Å². The molecule has 1 aliphatic carbocycles. The Kier molecular flexibility index (Phi) is 3.62. The van der Waals surface area contributed by atoms with Crippen LogP contribution in [0.1, 0.15) is 59.9 Å². The van der Waals surface area contributed by atoms with Crippen LogP contribution in [0.25, 0.3) is 0 Å². The third-order valence-electron chi connectivity index (χ3n) is 4.13. The molecule has 1 aliphatic rings. The lowest BCUT2D eigenvalue weighted by atomic mass is 10.0. The number of benzene rings is 1. The molecular weight excluding hydrogens is 248 g/mol. The van der Waals surface area contributed by atoms with Gasteiger partial charge in [0.15, 0.2) is 0 Å². The molecule has 0 saturated heterocycles. The molecular formula is C17H22N2O. The number of aromatic nitrogens is 1. The Morgan fingerprint density at radius 2 is 2.15 bits per heavy atom. The number of rotatable bonds is 5. The van der Waals surface area contributed by atoms with Crippen molar-refractivity contribution in [2.24, 2.45) is 0 Å². The summed E-state index contributed by atoms with van der Waals surface area (Å²) in [4.78, 5) is 0. The second kappa shape index (κ2) is 5.41. The molecule has 1 atom stereocenters. The van der Waals surface area contributed by atoms with Gasteiger partial charge in [0.2, 0.25) is 0 Å². The van der Waals surface area contributed by atoms with Crippen molar-refractivity contribution < 1.29 is 4.52 Å². The fourth-order valence-corrected chi connectivity index (χ4v) is 2.85. The molecule has 0 radical (unpaired) electrons. The van der Waals surface area contributed by atoms with Gasteiger partial charge in [0.25, 0.3) is 0 Å². The van der Waals surface area contributed by atoms with Gasteiger partial charge < -0.3 is 9.84 Å². The van der Waals surface area contributed by atoms with E-state index in [1.54, 1.807) is 0 Å². The summed E-state index contributed by atoms with van der Waals surface area (Å²) in [6.45, 7) is 7.02. The molecule has 1 unspecified atom stereocenters. The zero-order valence-electron chi connectivity index (χ0n) is 12.4. The highest BCUT2D eigenvalue weighted by atomic mass is 16.5. The van der Waals surface area contributed by atoms with Gasteiger partial charge in [-0.05, 0) is 50.7 Å². The normalized spacial score (nSPS) is 16.4. The van der Waals surface area contributed by atoms with Crippen LogP contribution in [0.3, 0.4) is 0 Å². The second-order valence-corrected chi connectivity index (χ2v) is 5.86. The highest BCUT2D eigenvalue weighted by Crippen LogP contribution is 2.40. The third kappa shape index (κ3) is 2.78. The van der Waals surface area contributed by atoms with E-state index in [0.29, 0.717) is 0 Å². The summed E-state index contributed by atoms with van der Waals surface area (Å²) < 4.78 is 5.24. The van der Waals surface area contributed by atoms with E-state index in [1.165, 1.54) is 29.5 Å². The largest absolute Gasteiger partial charge is 0.361 e. The molecule has 1 saturated carbocycles. The third-order valence-corrected chi connectivity index (χ3v) is 4.13. The lowest BCUT2D eigenvalue weighted by Crippen LogP contribution is -2.19. The van der Waals surface area contributed by atoms with Gasteiger partial charge in [0.05, 0.1) is 5.69 Å². The molecule has 3 heteroatoms. The summed E-state index contributed by atoms with van der Waals surface area (Å²) in [5, 5.41) is 7.59. The van der Waals surface area contributed by atoms with Gasteiger partial charge >= 0.3 is 0 Å². The van der Waals surface area contributed by atoms with Crippen molar-refractivity contribution in [3.05, 3.63) is 52.4 Å². The van der Waals surface area contributed by atoms with Crippen molar-refractivity contribution >= 4 is 0 Å². The van der Waals surface area contributed by atoms with Crippen molar-refractivity contribution in [1.29, 1.82) is 0 Å². The van der Waals surface area contributed by atoms with Crippen molar-refractivity contribution in [2.75, 3.05) is 0 Å². The quantitative estimate of drug-likeness (QED) is 0.891. The van der Waals surface area contributed by atoms with Crippen molar-refractivity contribution in [3.63, 3.8) is 0 Å². The van der Waals surface area contributed by atoms with Crippen LogP contribution in [0.15, 0.2) is 28.8 Å². The molecule has 2 aromatic rings. The van der Waals surface area contributed by atoms with Gasteiger partial charge in [-0.25, -0.2) is 0 Å². The van der Waals surface area contributed by atoms with Crippen LogP contribution in [0, 0.1) is 13.8 Å². The molecule has 3 rings (SSSR count). The van der Waals surface area contributed by atoms with Gasteiger partial charge in [-0.3, -0.25) is 0 Å². The van der Waals surface area contributed by atoms with Gasteiger partial charge in [-0.1, -0.05) is 29.4 Å². The average molecular weight is 270 g/mol. The highest BCUT2D eigenvalue weighted by Gasteiger charge is 2.23. The summed E-state index contributed by atoms with van der Waals surface area (Å²) in [6.07, 6.45) is 2.71. The zero-order chi connectivity index (χ0) is 14.1. The summed E-state index contributed by atoms with van der Waals surface area (Å²) >= 11 is 0. The average Bonchev–Trinajstić information content (AvgIpc) is 3.23. The molecule has 0 aliphatic heterocycles. The molecule has 0 spiro atoms. The standard InChI is InChI=1S/C17H22N2O/c1-11(17-12(2)19-20-13(17)3)18-10-14-5-4-6-16(9-14)15-7-8-15/h4-6,9,11,15,18H,7-8,10H2,1-3H3. The molecule has 1 heterocycles. The smallest absolute Gasteiger partial charge is 0.138 e. The number of nitrogens with zero attached hydrogens (tertiary/aromatic N) is 1. The van der Waals surface area contributed by atoms with E-state index in [1.807, 2.05) is 13.8 Å². The number of nitrogens with one attached hydrogen (secondary N) is 1. The summed E-state index contributed by atoms with van der Waals surface area (Å²) in [5.74, 6) is 1.73. The van der Waals surface area contributed by atoms with Crippen LogP contribution in [0.4, 0.5) is 0 Å². The van der Waals surface area contributed by atoms with Crippen LogP contribution >= 0.6 is 0 Å². The van der Waals surface area contributed by atoms with E-state index in [4.69, 9.17) is 4.52 Å². The maximum absolute atomic E-state index is 5.24. The predicted molar refractivity (Wildman–Crippen MR) is 79.6 cm³/mol. The maximum Gasteiger partial charge on any atom is 0.138 e. The van der Waals surface area contributed by atoms with Gasteiger partial charge in [-0.2, -0.15) is 0 Å². The molecule has 3 nitrogen and oxygen atoms in total. The molecule has 0 amide bonds. The van der Waals surface area contributed by atoms with E-state index < -0.39 is 0 Å². The van der Waals surface area contributed by atoms with E-state index in [-0.39, 0.29) is 6.04 Å². The number of hydrogen-bond donors (Lipinski definition) is 1. The fourth-order valence-electron chi connectivity index (χ4n) is 2.85. The van der Waals surface area contributed by atoms with E-state index in [0.717, 1.165) is 23.9 Å². The molecule has 106 valence electrons. The van der Waals surface area contributed by atoms with Crippen LogP contribution in [-0.2, 0) is 6.54 Å². The minimum absolute atomic E-state index is 0.255. The van der Waals surface area contributed by atoms with Crippen LogP contribution in [0.5, 0.6) is 0 Å². The zero-order valence-corrected chi connectivity index (χ0v) is 12.4. The number of hydrogen-bond acceptors (Lipinski definition) is 3. The lowest BCUT2D eigenvalue weighted by molar-refractivity contribution is 0.390. The van der Waals surface area contributed by atoms with Crippen LogP contribution in [-0.4, -0.2) is 5.16 Å². The first kappa shape index (κ1) is 13.4. The van der Waals surface area contributed by atoms with Crippen molar-refractivity contribution in [3.8, 4) is 0 Å². The van der Waals surface area contributed by atoms with Crippen LogP contribution < -0.4 is 5.32 Å². The Labute approximate surface area is 120 Å². The Morgan fingerprint density at radius 3 is 2.80 bits per heavy atom. The highest BCUT2D eigenvalue weighted by molar-refractivity contribution is 5.29. The predicted octanol–water partition coefficient (Wildman–Crippen LogP) is 4.02. The molecule has 1 aromatic carbocycles. The molecule has 0 bridgehead atoms. The van der Waals surface area contributed by atoms with E-state index >= 15 is 0 Å². The lowest BCUT2D eigenvalue weighted by Gasteiger charge is -2.14. The minimum Gasteiger partial charge on any atom is -0.361 e. The van der Waals surface area contributed by atoms with E-state index in [9.17, 15) is 0 Å². The summed E-state index contributed by atoms with van der Waals surface area (Å²) in [5.41, 5.74) is 5.01. The molecule has 1 fully saturated rings. The van der Waals surface area contributed by atoms with Gasteiger partial charge in [0, 0.05) is 18.2 Å². The Bertz CT molecular complexity index is 579. The monoisotopic (exact) mass is 270 g/mol. The molecule has 20 heavy (non-hydrogen) atoms. The van der Waals surface area contributed by atoms with E-state index in [2.05, 4.69) is 41.7 Å². The first-order valence-corrected chi connectivity index (χ1v) is 7.40. The Morgan fingerprint density at radius 1 is 1.35 bits per heavy atom. The molecule has 1 N–H and O–H groups in total. The topological polar surface area (TPSA) is 38.1 Å².